The number of sulfonamides is 1. The number of methoxy groups -OCH3 is 2. The average Bonchev–Trinajstić information content (AvgIpc) is 2.90. The van der Waals surface area contributed by atoms with Crippen molar-refractivity contribution in [2.45, 2.75) is 18.2 Å². The number of fused-ring (bicyclic) bond motifs is 1. The number of nitrogens with two attached hydrogens (primary N) is 1. The van der Waals surface area contributed by atoms with Gasteiger partial charge < -0.3 is 9.47 Å². The predicted octanol–water partition coefficient (Wildman–Crippen LogP) is 3.71. The minimum Gasteiger partial charge on any atom is -0.497 e. The van der Waals surface area contributed by atoms with Gasteiger partial charge in [0.2, 0.25) is 10.0 Å². The summed E-state index contributed by atoms with van der Waals surface area (Å²) in [5.41, 5.74) is 6.73. The van der Waals surface area contributed by atoms with E-state index in [-0.39, 0.29) is 4.90 Å². The summed E-state index contributed by atoms with van der Waals surface area (Å²) >= 11 is 0. The number of benzene rings is 2. The van der Waals surface area contributed by atoms with Crippen LogP contribution in [0.3, 0.4) is 0 Å². The second-order valence-corrected chi connectivity index (χ2v) is 7.99. The van der Waals surface area contributed by atoms with Crippen molar-refractivity contribution in [2.75, 3.05) is 20.8 Å². The normalized spacial score (nSPS) is 15.3. The number of hydrogen-bond donors (Lipinski definition) is 1. The minimum absolute atomic E-state index is 0.106. The number of allylic oxidation sites excluding steroid dienone is 2. The summed E-state index contributed by atoms with van der Waals surface area (Å²) in [6.45, 7) is 2.74. The number of primary sulfonamides is 1. The van der Waals surface area contributed by atoms with E-state index in [1.54, 1.807) is 26.4 Å². The van der Waals surface area contributed by atoms with Gasteiger partial charge in [-0.1, -0.05) is 18.2 Å². The second-order valence-electron chi connectivity index (χ2n) is 6.43. The minimum atomic E-state index is -3.69. The molecule has 2 aromatic rings. The zero-order valence-corrected chi connectivity index (χ0v) is 16.5. The van der Waals surface area contributed by atoms with Gasteiger partial charge in [-0.25, -0.2) is 13.6 Å². The molecule has 0 fully saturated rings. The van der Waals surface area contributed by atoms with Crippen LogP contribution in [0, 0.1) is 0 Å². The molecule has 1 aliphatic rings. The molecule has 0 aliphatic heterocycles. The molecule has 0 spiro atoms. The third-order valence-corrected chi connectivity index (χ3v) is 5.70. The molecule has 0 amide bonds. The van der Waals surface area contributed by atoms with Gasteiger partial charge >= 0.3 is 0 Å². The average molecular weight is 385 g/mol. The molecule has 0 saturated heterocycles. The zero-order valence-electron chi connectivity index (χ0n) is 15.7. The molecule has 3 rings (SSSR count). The van der Waals surface area contributed by atoms with E-state index in [1.807, 2.05) is 6.07 Å². The fraction of sp³-hybridized carbons (Fsp3) is 0.238. The third kappa shape index (κ3) is 3.98. The summed E-state index contributed by atoms with van der Waals surface area (Å²) in [6, 6.07) is 12.6. The molecule has 2 aromatic carbocycles. The molecular weight excluding hydrogens is 362 g/mol. The molecule has 5 nitrogen and oxygen atoms in total. The first-order valence-electron chi connectivity index (χ1n) is 8.57. The summed E-state index contributed by atoms with van der Waals surface area (Å²) in [7, 11) is -0.337. The first-order valence-corrected chi connectivity index (χ1v) is 10.1. The molecule has 0 atom stereocenters. The number of ether oxygens (including phenoxy) is 2. The molecular formula is C21H23NO4S. The third-order valence-electron chi connectivity index (χ3n) is 4.77. The molecule has 2 N–H and O–H groups in total. The molecule has 0 aromatic heterocycles. The highest BCUT2D eigenvalue weighted by atomic mass is 32.2. The Morgan fingerprint density at radius 2 is 1.74 bits per heavy atom. The van der Waals surface area contributed by atoms with Gasteiger partial charge in [0.15, 0.2) is 0 Å². The molecule has 1 aliphatic carbocycles. The summed E-state index contributed by atoms with van der Waals surface area (Å²) < 4.78 is 33.5. The van der Waals surface area contributed by atoms with Gasteiger partial charge in [-0.05, 0) is 77.1 Å². The van der Waals surface area contributed by atoms with Gasteiger partial charge in [0.25, 0.3) is 0 Å². The van der Waals surface area contributed by atoms with Crippen molar-refractivity contribution in [1.82, 2.24) is 0 Å². The quantitative estimate of drug-likeness (QED) is 0.822. The van der Waals surface area contributed by atoms with Gasteiger partial charge in [-0.3, -0.25) is 0 Å². The van der Waals surface area contributed by atoms with E-state index in [0.717, 1.165) is 34.4 Å². The lowest BCUT2D eigenvalue weighted by molar-refractivity contribution is 0.206. The SMILES string of the molecule is COCCC1=C(C)/C(=C\c2ccc(S(N)(=O)=O)cc2)c2ccc(OC)cc21. The molecule has 0 unspecified atom stereocenters. The Bertz CT molecular complexity index is 1020. The molecule has 142 valence electrons. The first-order chi connectivity index (χ1) is 12.8. The van der Waals surface area contributed by atoms with Crippen LogP contribution in [0.25, 0.3) is 17.2 Å². The van der Waals surface area contributed by atoms with Gasteiger partial charge in [0.1, 0.15) is 5.75 Å². The molecule has 0 bridgehead atoms. The van der Waals surface area contributed by atoms with E-state index in [9.17, 15) is 8.42 Å². The van der Waals surface area contributed by atoms with Crippen LogP contribution >= 0.6 is 0 Å². The molecule has 0 radical (unpaired) electrons. The standard InChI is InChI=1S/C21H23NO4S/c1-14-18(10-11-25-2)21-13-16(26-3)6-9-19(21)20(14)12-15-4-7-17(8-5-15)27(22,23)24/h4-9,12-13H,10-11H2,1-3H3,(H2,22,23,24)/b20-12+. The number of hydrogen-bond acceptors (Lipinski definition) is 4. The molecule has 6 heteroatoms. The Morgan fingerprint density at radius 3 is 2.33 bits per heavy atom. The van der Waals surface area contributed by atoms with E-state index < -0.39 is 10.0 Å². The van der Waals surface area contributed by atoms with Gasteiger partial charge in [0, 0.05) is 7.11 Å². The summed E-state index contributed by atoms with van der Waals surface area (Å²) in [4.78, 5) is 0.106. The van der Waals surface area contributed by atoms with E-state index in [2.05, 4.69) is 25.1 Å². The largest absolute Gasteiger partial charge is 0.497 e. The lowest BCUT2D eigenvalue weighted by Gasteiger charge is -2.08. The fourth-order valence-corrected chi connectivity index (χ4v) is 3.85. The topological polar surface area (TPSA) is 78.6 Å². The highest BCUT2D eigenvalue weighted by molar-refractivity contribution is 7.89. The maximum atomic E-state index is 11.4. The lowest BCUT2D eigenvalue weighted by atomic mass is 10.0. The van der Waals surface area contributed by atoms with Crippen molar-refractivity contribution >= 4 is 27.2 Å². The van der Waals surface area contributed by atoms with Gasteiger partial charge in [-0.15, -0.1) is 0 Å². The van der Waals surface area contributed by atoms with Crippen LogP contribution in [-0.4, -0.2) is 29.2 Å². The molecule has 27 heavy (non-hydrogen) atoms. The number of rotatable bonds is 6. The van der Waals surface area contributed by atoms with Gasteiger partial charge in [-0.2, -0.15) is 0 Å². The van der Waals surface area contributed by atoms with Crippen LogP contribution < -0.4 is 9.88 Å². The van der Waals surface area contributed by atoms with Crippen molar-refractivity contribution < 1.29 is 17.9 Å². The first kappa shape index (κ1) is 19.4. The van der Waals surface area contributed by atoms with Crippen LogP contribution in [0.15, 0.2) is 52.9 Å². The Labute approximate surface area is 160 Å². The van der Waals surface area contributed by atoms with Gasteiger partial charge in [0.05, 0.1) is 18.6 Å². The Hall–Kier alpha value is -2.41. The van der Waals surface area contributed by atoms with Crippen molar-refractivity contribution in [3.8, 4) is 5.75 Å². The maximum absolute atomic E-state index is 11.4. The zero-order chi connectivity index (χ0) is 19.6. The predicted molar refractivity (Wildman–Crippen MR) is 108 cm³/mol. The Morgan fingerprint density at radius 1 is 1.04 bits per heavy atom. The van der Waals surface area contributed by atoms with Crippen LogP contribution in [0.1, 0.15) is 30.0 Å². The fourth-order valence-electron chi connectivity index (χ4n) is 3.33. The van der Waals surface area contributed by atoms with Crippen molar-refractivity contribution in [3.63, 3.8) is 0 Å². The highest BCUT2D eigenvalue weighted by Crippen LogP contribution is 2.44. The summed E-state index contributed by atoms with van der Waals surface area (Å²) in [5.74, 6) is 0.815. The second kappa shape index (κ2) is 7.68. The van der Waals surface area contributed by atoms with E-state index in [4.69, 9.17) is 14.6 Å². The highest BCUT2D eigenvalue weighted by Gasteiger charge is 2.24. The molecule has 0 saturated carbocycles. The van der Waals surface area contributed by atoms with Crippen LogP contribution in [0.4, 0.5) is 0 Å². The van der Waals surface area contributed by atoms with E-state index >= 15 is 0 Å². The molecule has 0 heterocycles. The Balaban J connectivity index is 2.07. The monoisotopic (exact) mass is 385 g/mol. The van der Waals surface area contributed by atoms with E-state index in [1.165, 1.54) is 23.3 Å². The van der Waals surface area contributed by atoms with Crippen LogP contribution in [0.5, 0.6) is 5.75 Å². The Kier molecular flexibility index (Phi) is 5.51. The summed E-state index contributed by atoms with van der Waals surface area (Å²) in [6.07, 6.45) is 2.87. The van der Waals surface area contributed by atoms with E-state index in [0.29, 0.717) is 6.61 Å². The van der Waals surface area contributed by atoms with Crippen molar-refractivity contribution in [1.29, 1.82) is 0 Å². The maximum Gasteiger partial charge on any atom is 0.238 e. The smallest absolute Gasteiger partial charge is 0.238 e. The van der Waals surface area contributed by atoms with Crippen LogP contribution in [0.2, 0.25) is 0 Å². The lowest BCUT2D eigenvalue weighted by Crippen LogP contribution is -2.11. The van der Waals surface area contributed by atoms with Crippen molar-refractivity contribution in [2.24, 2.45) is 5.14 Å². The van der Waals surface area contributed by atoms with Crippen LogP contribution in [-0.2, 0) is 14.8 Å². The summed E-state index contributed by atoms with van der Waals surface area (Å²) in [5, 5.41) is 5.17. The van der Waals surface area contributed by atoms with Crippen molar-refractivity contribution in [3.05, 3.63) is 64.7 Å².